The van der Waals surface area contributed by atoms with Crippen molar-refractivity contribution >= 4 is 21.9 Å². The predicted octanol–water partition coefficient (Wildman–Crippen LogP) is 4.02. The molecule has 1 aromatic heterocycles. The first-order chi connectivity index (χ1) is 8.67. The summed E-state index contributed by atoms with van der Waals surface area (Å²) in [5.41, 5.74) is 0. The quantitative estimate of drug-likeness (QED) is 0.736. The maximum atomic E-state index is 5.83. The third kappa shape index (κ3) is 5.21. The molecule has 0 amide bonds. The second-order valence-corrected chi connectivity index (χ2v) is 5.23. The van der Waals surface area contributed by atoms with Crippen LogP contribution < -0.4 is 10.1 Å². The van der Waals surface area contributed by atoms with E-state index in [1.807, 2.05) is 0 Å². The Hall–Kier alpha value is -0.840. The summed E-state index contributed by atoms with van der Waals surface area (Å²) in [7, 11) is 1.79. The molecular formula is C13H22BrN3O. The highest BCUT2D eigenvalue weighted by atomic mass is 79.9. The predicted molar refractivity (Wildman–Crippen MR) is 78.1 cm³/mol. The molecule has 0 spiro atoms. The molecule has 0 bridgehead atoms. The van der Waals surface area contributed by atoms with E-state index in [1.165, 1.54) is 25.7 Å². The Labute approximate surface area is 118 Å². The zero-order valence-corrected chi connectivity index (χ0v) is 13.0. The molecule has 1 N–H and O–H groups in total. The van der Waals surface area contributed by atoms with Gasteiger partial charge in [-0.2, -0.15) is 4.98 Å². The summed E-state index contributed by atoms with van der Waals surface area (Å²) in [5, 5.41) is 2.90. The number of nitrogens with one attached hydrogen (secondary N) is 1. The average molecular weight is 316 g/mol. The summed E-state index contributed by atoms with van der Waals surface area (Å²) in [5.74, 6) is 1.18. The van der Waals surface area contributed by atoms with Crippen molar-refractivity contribution in [3.8, 4) is 5.88 Å². The van der Waals surface area contributed by atoms with Crippen LogP contribution >= 0.6 is 15.9 Å². The molecule has 1 unspecified atom stereocenters. The number of aromatic nitrogens is 2. The molecule has 0 saturated heterocycles. The van der Waals surface area contributed by atoms with Gasteiger partial charge in [0.1, 0.15) is 0 Å². The van der Waals surface area contributed by atoms with Gasteiger partial charge in [0.25, 0.3) is 0 Å². The Morgan fingerprint density at radius 2 is 2.17 bits per heavy atom. The van der Waals surface area contributed by atoms with Gasteiger partial charge in [0.15, 0.2) is 0 Å². The van der Waals surface area contributed by atoms with Crippen molar-refractivity contribution in [2.75, 3.05) is 12.4 Å². The van der Waals surface area contributed by atoms with Gasteiger partial charge in [-0.1, -0.05) is 26.2 Å². The molecule has 0 saturated carbocycles. The Bertz CT molecular complexity index is 360. The number of ether oxygens (including phenoxy) is 1. The molecule has 0 aliphatic heterocycles. The standard InChI is InChI=1S/C13H22BrN3O/c1-4-5-6-7-8-10(2)18-12-11(14)9-16-13(15-3)17-12/h9-10H,4-8H2,1-3H3,(H,15,16,17). The van der Waals surface area contributed by atoms with Gasteiger partial charge in [-0.25, -0.2) is 4.98 Å². The summed E-state index contributed by atoms with van der Waals surface area (Å²) in [6.45, 7) is 4.30. The Balaban J connectivity index is 2.45. The summed E-state index contributed by atoms with van der Waals surface area (Å²) >= 11 is 3.40. The molecule has 1 heterocycles. The maximum absolute atomic E-state index is 5.83. The first-order valence-corrected chi connectivity index (χ1v) is 7.33. The van der Waals surface area contributed by atoms with Gasteiger partial charge in [0.05, 0.1) is 16.8 Å². The summed E-state index contributed by atoms with van der Waals surface area (Å²) in [6, 6.07) is 0. The number of hydrogen-bond acceptors (Lipinski definition) is 4. The number of nitrogens with zero attached hydrogens (tertiary/aromatic N) is 2. The lowest BCUT2D eigenvalue weighted by molar-refractivity contribution is 0.196. The van der Waals surface area contributed by atoms with Crippen molar-refractivity contribution in [3.63, 3.8) is 0 Å². The van der Waals surface area contributed by atoms with Crippen LogP contribution in [0, 0.1) is 0 Å². The zero-order chi connectivity index (χ0) is 13.4. The van der Waals surface area contributed by atoms with Crippen LogP contribution in [0.25, 0.3) is 0 Å². The summed E-state index contributed by atoms with van der Waals surface area (Å²) in [4.78, 5) is 8.39. The van der Waals surface area contributed by atoms with Gasteiger partial charge < -0.3 is 10.1 Å². The van der Waals surface area contributed by atoms with Crippen LogP contribution in [0.15, 0.2) is 10.7 Å². The number of halogens is 1. The van der Waals surface area contributed by atoms with Crippen LogP contribution in [0.3, 0.4) is 0 Å². The van der Waals surface area contributed by atoms with Gasteiger partial charge in [0.2, 0.25) is 11.8 Å². The Morgan fingerprint density at radius 3 is 2.83 bits per heavy atom. The van der Waals surface area contributed by atoms with Gasteiger partial charge in [-0.3, -0.25) is 0 Å². The van der Waals surface area contributed by atoms with E-state index in [0.29, 0.717) is 11.8 Å². The van der Waals surface area contributed by atoms with Crippen molar-refractivity contribution in [2.24, 2.45) is 0 Å². The summed E-state index contributed by atoms with van der Waals surface area (Å²) < 4.78 is 6.62. The topological polar surface area (TPSA) is 47.0 Å². The molecule has 5 heteroatoms. The third-order valence-electron chi connectivity index (χ3n) is 2.71. The van der Waals surface area contributed by atoms with E-state index < -0.39 is 0 Å². The molecule has 1 atom stereocenters. The smallest absolute Gasteiger partial charge is 0.233 e. The van der Waals surface area contributed by atoms with Crippen molar-refractivity contribution in [1.82, 2.24) is 9.97 Å². The molecule has 0 radical (unpaired) electrons. The van der Waals surface area contributed by atoms with E-state index in [9.17, 15) is 0 Å². The molecule has 1 rings (SSSR count). The van der Waals surface area contributed by atoms with Gasteiger partial charge >= 0.3 is 0 Å². The highest BCUT2D eigenvalue weighted by Crippen LogP contribution is 2.24. The van der Waals surface area contributed by atoms with Crippen LogP contribution in [0.4, 0.5) is 5.95 Å². The first-order valence-electron chi connectivity index (χ1n) is 6.54. The maximum Gasteiger partial charge on any atom is 0.233 e. The van der Waals surface area contributed by atoms with Crippen LogP contribution in [-0.2, 0) is 0 Å². The number of rotatable bonds is 8. The lowest BCUT2D eigenvalue weighted by Crippen LogP contribution is -2.13. The molecule has 18 heavy (non-hydrogen) atoms. The number of unbranched alkanes of at least 4 members (excludes halogenated alkanes) is 3. The van der Waals surface area contributed by atoms with Crippen LogP contribution in [0.5, 0.6) is 5.88 Å². The minimum absolute atomic E-state index is 0.178. The molecule has 0 aromatic carbocycles. The lowest BCUT2D eigenvalue weighted by atomic mass is 10.1. The molecule has 0 aliphatic rings. The highest BCUT2D eigenvalue weighted by Gasteiger charge is 2.10. The fourth-order valence-electron chi connectivity index (χ4n) is 1.66. The minimum Gasteiger partial charge on any atom is -0.474 e. The first kappa shape index (κ1) is 15.2. The molecule has 4 nitrogen and oxygen atoms in total. The van der Waals surface area contributed by atoms with E-state index >= 15 is 0 Å². The number of anilines is 1. The summed E-state index contributed by atoms with van der Waals surface area (Å²) in [6.07, 6.45) is 7.99. The molecule has 1 aromatic rings. The lowest BCUT2D eigenvalue weighted by Gasteiger charge is -2.15. The van der Waals surface area contributed by atoms with Crippen LogP contribution in [0.1, 0.15) is 46.0 Å². The minimum atomic E-state index is 0.178. The van der Waals surface area contributed by atoms with Crippen molar-refractivity contribution in [1.29, 1.82) is 0 Å². The molecule has 102 valence electrons. The van der Waals surface area contributed by atoms with Gasteiger partial charge in [-0.05, 0) is 35.7 Å². The second-order valence-electron chi connectivity index (χ2n) is 4.37. The SMILES string of the molecule is CCCCCCC(C)Oc1nc(NC)ncc1Br. The molecule has 0 aliphatic carbocycles. The molecule has 0 fully saturated rings. The third-order valence-corrected chi connectivity index (χ3v) is 3.26. The van der Waals surface area contributed by atoms with E-state index in [0.717, 1.165) is 10.9 Å². The van der Waals surface area contributed by atoms with Crippen molar-refractivity contribution < 1.29 is 4.74 Å². The fraction of sp³-hybridized carbons (Fsp3) is 0.692. The van der Waals surface area contributed by atoms with Gasteiger partial charge in [-0.15, -0.1) is 0 Å². The zero-order valence-electron chi connectivity index (χ0n) is 11.4. The van der Waals surface area contributed by atoms with E-state index in [-0.39, 0.29) is 6.10 Å². The van der Waals surface area contributed by atoms with E-state index in [4.69, 9.17) is 4.74 Å². The van der Waals surface area contributed by atoms with Crippen LogP contribution in [0.2, 0.25) is 0 Å². The largest absolute Gasteiger partial charge is 0.474 e. The molecular weight excluding hydrogens is 294 g/mol. The fourth-order valence-corrected chi connectivity index (χ4v) is 1.95. The number of hydrogen-bond donors (Lipinski definition) is 1. The van der Waals surface area contributed by atoms with E-state index in [1.54, 1.807) is 13.2 Å². The van der Waals surface area contributed by atoms with Gasteiger partial charge in [0, 0.05) is 7.05 Å². The Kier molecular flexibility index (Phi) is 7.01. The Morgan fingerprint density at radius 1 is 1.39 bits per heavy atom. The normalized spacial score (nSPS) is 12.2. The van der Waals surface area contributed by atoms with Crippen molar-refractivity contribution in [3.05, 3.63) is 10.7 Å². The van der Waals surface area contributed by atoms with Crippen molar-refractivity contribution in [2.45, 2.75) is 52.1 Å². The highest BCUT2D eigenvalue weighted by molar-refractivity contribution is 9.10. The monoisotopic (exact) mass is 315 g/mol. The second kappa shape index (κ2) is 8.29. The van der Waals surface area contributed by atoms with Crippen LogP contribution in [-0.4, -0.2) is 23.1 Å². The average Bonchev–Trinajstić information content (AvgIpc) is 2.37. The van der Waals surface area contributed by atoms with E-state index in [2.05, 4.69) is 45.1 Å².